The molecule has 0 aliphatic rings. The summed E-state index contributed by atoms with van der Waals surface area (Å²) in [5.41, 5.74) is 1.13. The molecule has 0 unspecified atom stereocenters. The molecule has 0 aliphatic heterocycles. The normalized spacial score (nSPS) is 11.5. The molecule has 0 N–H and O–H groups in total. The van der Waals surface area contributed by atoms with Crippen LogP contribution in [0.1, 0.15) is 89.5 Å². The largest absolute Gasteiger partial charge is 1.00 e. The quantitative estimate of drug-likeness (QED) is 0.261. The Bertz CT molecular complexity index is 818. The average molecular weight is 427 g/mol. The minimum Gasteiger partial charge on any atom is -0.744 e. The van der Waals surface area contributed by atoms with Crippen molar-refractivity contribution in [2.24, 2.45) is 0 Å². The topological polar surface area (TPSA) is 57.2 Å². The molecule has 2 aromatic rings. The standard InChI is InChI=1S/C24H36O3S.Na/c1-2-3-4-5-6-7-8-9-10-11-12-13-15-21-16-14-17-22-18-19-23(20-24(21)22)28(25,26)27;/h14,16-20H,2-13,15H2,1H3,(H,25,26,27);/q;+1/p-1. The molecule has 0 aromatic heterocycles. The minimum absolute atomic E-state index is 0. The van der Waals surface area contributed by atoms with Gasteiger partial charge in [-0.15, -0.1) is 0 Å². The molecule has 0 spiro atoms. The summed E-state index contributed by atoms with van der Waals surface area (Å²) in [5.74, 6) is 0. The molecule has 0 radical (unpaired) electrons. The van der Waals surface area contributed by atoms with Crippen LogP contribution in [0.5, 0.6) is 0 Å². The molecule has 0 aliphatic carbocycles. The Morgan fingerprint density at radius 1 is 0.759 bits per heavy atom. The van der Waals surface area contributed by atoms with Crippen LogP contribution < -0.4 is 29.6 Å². The maximum absolute atomic E-state index is 11.3. The van der Waals surface area contributed by atoms with Gasteiger partial charge in [0.05, 0.1) is 4.90 Å². The van der Waals surface area contributed by atoms with E-state index in [-0.39, 0.29) is 34.5 Å². The first kappa shape index (κ1) is 26.6. The van der Waals surface area contributed by atoms with E-state index in [4.69, 9.17) is 0 Å². The van der Waals surface area contributed by atoms with Crippen molar-refractivity contribution in [3.63, 3.8) is 0 Å². The molecule has 0 saturated heterocycles. The first-order valence-corrected chi connectivity index (χ1v) is 12.4. The molecule has 0 bridgehead atoms. The van der Waals surface area contributed by atoms with E-state index >= 15 is 0 Å². The van der Waals surface area contributed by atoms with Crippen molar-refractivity contribution in [2.45, 2.75) is 95.3 Å². The van der Waals surface area contributed by atoms with E-state index in [0.29, 0.717) is 0 Å². The Balaban J connectivity index is 0.00000420. The third-order valence-electron chi connectivity index (χ3n) is 5.53. The summed E-state index contributed by atoms with van der Waals surface area (Å²) < 4.78 is 33.9. The van der Waals surface area contributed by atoms with Crippen molar-refractivity contribution in [1.82, 2.24) is 0 Å². The Morgan fingerprint density at radius 3 is 1.86 bits per heavy atom. The van der Waals surface area contributed by atoms with Crippen LogP contribution in [0.4, 0.5) is 0 Å². The second-order valence-corrected chi connectivity index (χ2v) is 9.27. The Hall–Kier alpha value is -0.390. The van der Waals surface area contributed by atoms with Crippen molar-refractivity contribution in [2.75, 3.05) is 0 Å². The van der Waals surface area contributed by atoms with Crippen LogP contribution in [0, 0.1) is 0 Å². The number of rotatable bonds is 14. The maximum atomic E-state index is 11.3. The number of aryl methyl sites for hydroxylation is 1. The zero-order valence-electron chi connectivity index (χ0n) is 18.3. The summed E-state index contributed by atoms with van der Waals surface area (Å²) in [6.45, 7) is 2.26. The smallest absolute Gasteiger partial charge is 0.744 e. The molecular formula is C24H35NaO3S. The molecule has 0 saturated carbocycles. The molecule has 0 amide bonds. The first-order chi connectivity index (χ1) is 13.5. The fraction of sp³-hybridized carbons (Fsp3) is 0.583. The average Bonchev–Trinajstić information content (AvgIpc) is 2.68. The van der Waals surface area contributed by atoms with E-state index < -0.39 is 10.1 Å². The van der Waals surface area contributed by atoms with Gasteiger partial charge in [-0.2, -0.15) is 0 Å². The fourth-order valence-electron chi connectivity index (χ4n) is 3.85. The number of hydrogen-bond acceptors (Lipinski definition) is 3. The zero-order valence-corrected chi connectivity index (χ0v) is 21.1. The van der Waals surface area contributed by atoms with E-state index in [1.807, 2.05) is 18.2 Å². The summed E-state index contributed by atoms with van der Waals surface area (Å²) in [4.78, 5) is -0.137. The number of benzene rings is 2. The number of fused-ring (bicyclic) bond motifs is 1. The van der Waals surface area contributed by atoms with Crippen molar-refractivity contribution < 1.29 is 42.5 Å². The van der Waals surface area contributed by atoms with Crippen LogP contribution >= 0.6 is 0 Å². The first-order valence-electron chi connectivity index (χ1n) is 11.0. The molecular weight excluding hydrogens is 391 g/mol. The van der Waals surface area contributed by atoms with Gasteiger partial charge in [-0.3, -0.25) is 0 Å². The van der Waals surface area contributed by atoms with Gasteiger partial charge in [0.1, 0.15) is 10.1 Å². The predicted octanol–water partition coefficient (Wildman–Crippen LogP) is 3.99. The summed E-state index contributed by atoms with van der Waals surface area (Å²) in [7, 11) is -4.41. The van der Waals surface area contributed by atoms with Crippen LogP contribution in [0.2, 0.25) is 0 Å². The van der Waals surface area contributed by atoms with Crippen molar-refractivity contribution in [3.05, 3.63) is 42.0 Å². The van der Waals surface area contributed by atoms with Gasteiger partial charge in [-0.1, -0.05) is 102 Å². The van der Waals surface area contributed by atoms with Crippen LogP contribution in [-0.4, -0.2) is 13.0 Å². The van der Waals surface area contributed by atoms with Crippen LogP contribution in [0.3, 0.4) is 0 Å². The monoisotopic (exact) mass is 426 g/mol. The van der Waals surface area contributed by atoms with Crippen molar-refractivity contribution >= 4 is 20.9 Å². The van der Waals surface area contributed by atoms with Gasteiger partial charge in [0.15, 0.2) is 0 Å². The molecule has 29 heavy (non-hydrogen) atoms. The van der Waals surface area contributed by atoms with E-state index in [2.05, 4.69) is 6.92 Å². The molecule has 0 fully saturated rings. The van der Waals surface area contributed by atoms with Gasteiger partial charge in [-0.25, -0.2) is 8.42 Å². The van der Waals surface area contributed by atoms with Crippen LogP contribution in [0.25, 0.3) is 10.8 Å². The van der Waals surface area contributed by atoms with Gasteiger partial charge in [0, 0.05) is 0 Å². The minimum atomic E-state index is -4.41. The van der Waals surface area contributed by atoms with E-state index in [0.717, 1.165) is 29.2 Å². The van der Waals surface area contributed by atoms with Gasteiger partial charge in [0.2, 0.25) is 0 Å². The number of hydrogen-bond donors (Lipinski definition) is 0. The van der Waals surface area contributed by atoms with Crippen LogP contribution in [0.15, 0.2) is 41.3 Å². The molecule has 5 heteroatoms. The Morgan fingerprint density at radius 2 is 1.31 bits per heavy atom. The van der Waals surface area contributed by atoms with Gasteiger partial charge < -0.3 is 4.55 Å². The third kappa shape index (κ3) is 9.97. The van der Waals surface area contributed by atoms with E-state index in [1.165, 1.54) is 82.8 Å². The van der Waals surface area contributed by atoms with E-state index in [1.54, 1.807) is 6.07 Å². The molecule has 2 rings (SSSR count). The predicted molar refractivity (Wildman–Crippen MR) is 117 cm³/mol. The summed E-state index contributed by atoms with van der Waals surface area (Å²) in [6.07, 6.45) is 16.8. The third-order valence-corrected chi connectivity index (χ3v) is 6.36. The molecule has 0 atom stereocenters. The molecule has 3 nitrogen and oxygen atoms in total. The van der Waals surface area contributed by atoms with Crippen LogP contribution in [-0.2, 0) is 16.5 Å². The SMILES string of the molecule is CCCCCCCCCCCCCCc1cccc2ccc(S(=O)(=O)[O-])cc12.[Na+]. The Kier molecular flexibility index (Phi) is 13.4. The maximum Gasteiger partial charge on any atom is 1.00 e. The fourth-order valence-corrected chi connectivity index (χ4v) is 4.34. The Labute approximate surface area is 199 Å². The van der Waals surface area contributed by atoms with Gasteiger partial charge >= 0.3 is 29.6 Å². The van der Waals surface area contributed by atoms with Crippen molar-refractivity contribution in [1.29, 1.82) is 0 Å². The second-order valence-electron chi connectivity index (χ2n) is 7.89. The summed E-state index contributed by atoms with van der Waals surface area (Å²) in [5, 5.41) is 1.88. The molecule has 2 aromatic carbocycles. The molecule has 156 valence electrons. The van der Waals surface area contributed by atoms with Gasteiger partial charge in [-0.05, 0) is 41.3 Å². The van der Waals surface area contributed by atoms with Crippen molar-refractivity contribution in [3.8, 4) is 0 Å². The summed E-state index contributed by atoms with van der Waals surface area (Å²) in [6, 6.07) is 10.7. The zero-order chi connectivity index (χ0) is 20.2. The number of unbranched alkanes of at least 4 members (excludes halogenated alkanes) is 11. The summed E-state index contributed by atoms with van der Waals surface area (Å²) >= 11 is 0. The second kappa shape index (κ2) is 14.6. The van der Waals surface area contributed by atoms with Gasteiger partial charge in [0.25, 0.3) is 0 Å². The molecule has 0 heterocycles. The van der Waals surface area contributed by atoms with E-state index in [9.17, 15) is 13.0 Å².